The number of esters is 1. The van der Waals surface area contributed by atoms with Gasteiger partial charge in [0.05, 0.1) is 5.56 Å². The van der Waals surface area contributed by atoms with Crippen LogP contribution in [0.25, 0.3) is 0 Å². The topological polar surface area (TPSA) is 38.3 Å². The van der Waals surface area contributed by atoms with E-state index in [1.165, 1.54) is 19.9 Å². The predicted octanol–water partition coefficient (Wildman–Crippen LogP) is 3.37. The lowest BCUT2D eigenvalue weighted by Crippen LogP contribution is -2.36. The Balaban J connectivity index is 2.15. The first-order valence-corrected chi connectivity index (χ1v) is 6.85. The monoisotopic (exact) mass is 301 g/mol. The standard InChI is InChI=1S/C15H18F3NO2/c1-9-7-11(3-4-13(9)15(16,17)18)14-8-12(5-6-19-14)21-10(2)20/h3-4,7,12,14,19H,5-6,8H2,1-2H3. The highest BCUT2D eigenvalue weighted by atomic mass is 19.4. The molecule has 116 valence electrons. The highest BCUT2D eigenvalue weighted by Crippen LogP contribution is 2.34. The van der Waals surface area contributed by atoms with Crippen LogP contribution in [0.2, 0.25) is 0 Å². The number of carbonyl (C=O) groups excluding carboxylic acids is 1. The molecule has 1 saturated heterocycles. The summed E-state index contributed by atoms with van der Waals surface area (Å²) in [5.41, 5.74) is 0.382. The summed E-state index contributed by atoms with van der Waals surface area (Å²) < 4.78 is 43.5. The van der Waals surface area contributed by atoms with E-state index in [9.17, 15) is 18.0 Å². The summed E-state index contributed by atoms with van der Waals surface area (Å²) in [5.74, 6) is -0.329. The highest BCUT2D eigenvalue weighted by Gasteiger charge is 2.33. The van der Waals surface area contributed by atoms with Crippen molar-refractivity contribution in [3.63, 3.8) is 0 Å². The summed E-state index contributed by atoms with van der Waals surface area (Å²) in [4.78, 5) is 11.0. The quantitative estimate of drug-likeness (QED) is 0.851. The molecule has 21 heavy (non-hydrogen) atoms. The minimum absolute atomic E-state index is 0.0934. The molecule has 1 heterocycles. The minimum Gasteiger partial charge on any atom is -0.462 e. The smallest absolute Gasteiger partial charge is 0.416 e. The van der Waals surface area contributed by atoms with E-state index >= 15 is 0 Å². The third-order valence-corrected chi connectivity index (χ3v) is 3.65. The number of carbonyl (C=O) groups is 1. The maximum absolute atomic E-state index is 12.8. The number of hydrogen-bond acceptors (Lipinski definition) is 3. The molecule has 1 aliphatic rings. The molecular weight excluding hydrogens is 283 g/mol. The van der Waals surface area contributed by atoms with E-state index in [0.29, 0.717) is 13.0 Å². The van der Waals surface area contributed by atoms with E-state index in [1.807, 2.05) is 0 Å². The molecule has 6 heteroatoms. The molecule has 0 saturated carbocycles. The molecule has 2 atom stereocenters. The first-order valence-electron chi connectivity index (χ1n) is 6.85. The van der Waals surface area contributed by atoms with Gasteiger partial charge in [-0.05, 0) is 37.1 Å². The van der Waals surface area contributed by atoms with E-state index in [1.54, 1.807) is 6.07 Å². The molecule has 2 rings (SSSR count). The maximum atomic E-state index is 12.8. The molecule has 0 bridgehead atoms. The van der Waals surface area contributed by atoms with E-state index in [-0.39, 0.29) is 23.7 Å². The summed E-state index contributed by atoms with van der Waals surface area (Å²) in [6, 6.07) is 4.06. The molecule has 1 fully saturated rings. The summed E-state index contributed by atoms with van der Waals surface area (Å²) in [6.45, 7) is 3.49. The molecule has 1 aromatic rings. The van der Waals surface area contributed by atoms with Crippen LogP contribution >= 0.6 is 0 Å². The van der Waals surface area contributed by atoms with Crippen LogP contribution in [0.1, 0.15) is 42.5 Å². The maximum Gasteiger partial charge on any atom is 0.416 e. The Labute approximate surface area is 121 Å². The number of piperidine rings is 1. The van der Waals surface area contributed by atoms with Crippen LogP contribution < -0.4 is 5.32 Å². The lowest BCUT2D eigenvalue weighted by Gasteiger charge is -2.30. The third kappa shape index (κ3) is 3.97. The summed E-state index contributed by atoms with van der Waals surface area (Å²) in [5, 5.41) is 3.25. The average molecular weight is 301 g/mol. The average Bonchev–Trinajstić information content (AvgIpc) is 2.36. The van der Waals surface area contributed by atoms with Crippen LogP contribution in [-0.2, 0) is 15.7 Å². The van der Waals surface area contributed by atoms with Crippen molar-refractivity contribution in [1.82, 2.24) is 5.32 Å². The van der Waals surface area contributed by atoms with E-state index < -0.39 is 11.7 Å². The molecule has 1 aromatic carbocycles. The lowest BCUT2D eigenvalue weighted by molar-refractivity contribution is -0.148. The molecule has 0 aromatic heterocycles. The SMILES string of the molecule is CC(=O)OC1CCNC(c2ccc(C(F)(F)F)c(C)c2)C1. The zero-order valence-electron chi connectivity index (χ0n) is 12.0. The second kappa shape index (κ2) is 6.05. The van der Waals surface area contributed by atoms with E-state index in [2.05, 4.69) is 5.32 Å². The number of ether oxygens (including phenoxy) is 1. The Bertz CT molecular complexity index is 528. The van der Waals surface area contributed by atoms with Gasteiger partial charge in [-0.25, -0.2) is 0 Å². The van der Waals surface area contributed by atoms with Crippen molar-refractivity contribution < 1.29 is 22.7 Å². The van der Waals surface area contributed by atoms with Gasteiger partial charge in [-0.1, -0.05) is 12.1 Å². The van der Waals surface area contributed by atoms with Gasteiger partial charge in [-0.2, -0.15) is 13.2 Å². The summed E-state index contributed by atoms with van der Waals surface area (Å²) >= 11 is 0. The summed E-state index contributed by atoms with van der Waals surface area (Å²) in [7, 11) is 0. The molecule has 3 nitrogen and oxygen atoms in total. The number of nitrogens with one attached hydrogen (secondary N) is 1. The first-order chi connectivity index (χ1) is 9.77. The number of aryl methyl sites for hydroxylation is 1. The van der Waals surface area contributed by atoms with Gasteiger partial charge in [0.15, 0.2) is 0 Å². The second-order valence-corrected chi connectivity index (χ2v) is 5.33. The van der Waals surface area contributed by atoms with Gasteiger partial charge < -0.3 is 10.1 Å². The molecule has 0 radical (unpaired) electrons. The summed E-state index contributed by atoms with van der Waals surface area (Å²) in [6.07, 6.45) is -3.22. The second-order valence-electron chi connectivity index (χ2n) is 5.33. The minimum atomic E-state index is -4.33. The predicted molar refractivity (Wildman–Crippen MR) is 71.7 cm³/mol. The molecule has 1 aliphatic heterocycles. The van der Waals surface area contributed by atoms with E-state index in [0.717, 1.165) is 18.1 Å². The lowest BCUT2D eigenvalue weighted by atomic mass is 9.93. The first kappa shape index (κ1) is 15.8. The Morgan fingerprint density at radius 1 is 1.38 bits per heavy atom. The molecule has 0 aliphatic carbocycles. The number of hydrogen-bond donors (Lipinski definition) is 1. The van der Waals surface area contributed by atoms with Crippen molar-refractivity contribution in [1.29, 1.82) is 0 Å². The van der Waals surface area contributed by atoms with Crippen LogP contribution in [-0.4, -0.2) is 18.6 Å². The zero-order valence-corrected chi connectivity index (χ0v) is 12.0. The number of alkyl halides is 3. The van der Waals surface area contributed by atoms with Crippen LogP contribution in [0, 0.1) is 6.92 Å². The van der Waals surface area contributed by atoms with Gasteiger partial charge in [-0.15, -0.1) is 0 Å². The van der Waals surface area contributed by atoms with Crippen LogP contribution in [0.4, 0.5) is 13.2 Å². The third-order valence-electron chi connectivity index (χ3n) is 3.65. The van der Waals surface area contributed by atoms with Gasteiger partial charge in [-0.3, -0.25) is 4.79 Å². The molecule has 0 amide bonds. The van der Waals surface area contributed by atoms with Crippen LogP contribution in [0.3, 0.4) is 0 Å². The fourth-order valence-corrected chi connectivity index (χ4v) is 2.70. The largest absolute Gasteiger partial charge is 0.462 e. The zero-order chi connectivity index (χ0) is 15.6. The Morgan fingerprint density at radius 2 is 2.10 bits per heavy atom. The van der Waals surface area contributed by atoms with Gasteiger partial charge in [0.1, 0.15) is 6.10 Å². The van der Waals surface area contributed by atoms with Crippen LogP contribution in [0.15, 0.2) is 18.2 Å². The molecule has 1 N–H and O–H groups in total. The fourth-order valence-electron chi connectivity index (χ4n) is 2.70. The normalized spacial score (nSPS) is 22.9. The Hall–Kier alpha value is -1.56. The van der Waals surface area contributed by atoms with Crippen molar-refractivity contribution in [2.24, 2.45) is 0 Å². The fraction of sp³-hybridized carbons (Fsp3) is 0.533. The van der Waals surface area contributed by atoms with Gasteiger partial charge in [0, 0.05) is 19.4 Å². The van der Waals surface area contributed by atoms with Crippen molar-refractivity contribution in [3.8, 4) is 0 Å². The van der Waals surface area contributed by atoms with Gasteiger partial charge in [0.2, 0.25) is 0 Å². The van der Waals surface area contributed by atoms with Gasteiger partial charge in [0.25, 0.3) is 0 Å². The van der Waals surface area contributed by atoms with E-state index in [4.69, 9.17) is 4.74 Å². The Kier molecular flexibility index (Phi) is 4.56. The highest BCUT2D eigenvalue weighted by molar-refractivity contribution is 5.66. The molecular formula is C15H18F3NO2. The van der Waals surface area contributed by atoms with Crippen molar-refractivity contribution in [2.75, 3.05) is 6.54 Å². The van der Waals surface area contributed by atoms with Crippen molar-refractivity contribution in [2.45, 2.75) is 45.0 Å². The Morgan fingerprint density at radius 3 is 2.67 bits per heavy atom. The van der Waals surface area contributed by atoms with Crippen molar-refractivity contribution >= 4 is 5.97 Å². The molecule has 0 spiro atoms. The van der Waals surface area contributed by atoms with Crippen molar-refractivity contribution in [3.05, 3.63) is 34.9 Å². The number of benzene rings is 1. The van der Waals surface area contributed by atoms with Crippen LogP contribution in [0.5, 0.6) is 0 Å². The number of halogens is 3. The van der Waals surface area contributed by atoms with Gasteiger partial charge >= 0.3 is 12.1 Å². The number of rotatable bonds is 2. The molecule has 2 unspecified atom stereocenters.